The molecule has 0 radical (unpaired) electrons. The van der Waals surface area contributed by atoms with Crippen LogP contribution in [0.2, 0.25) is 0 Å². The van der Waals surface area contributed by atoms with Crippen LogP contribution in [0.25, 0.3) is 0 Å². The lowest BCUT2D eigenvalue weighted by Crippen LogP contribution is -2.42. The normalized spacial score (nSPS) is 20.0. The maximum atomic E-state index is 13.1. The van der Waals surface area contributed by atoms with Gasteiger partial charge in [0.2, 0.25) is 10.0 Å². The molecule has 2 unspecified atom stereocenters. The van der Waals surface area contributed by atoms with Gasteiger partial charge in [0.15, 0.2) is 0 Å². The minimum atomic E-state index is -3.63. The number of sulfonamides is 1. The van der Waals surface area contributed by atoms with Gasteiger partial charge in [0.25, 0.3) is 5.91 Å². The summed E-state index contributed by atoms with van der Waals surface area (Å²) in [6.45, 7) is 5.47. The zero-order valence-corrected chi connectivity index (χ0v) is 18.8. The van der Waals surface area contributed by atoms with Gasteiger partial charge in [-0.05, 0) is 42.5 Å². The summed E-state index contributed by atoms with van der Waals surface area (Å²) in [6.07, 6.45) is 2.73. The standard InChI is InChI=1S/C22H30N4O3S/c1-16-11-17(2)15-26(14-16)30(28,29)20-9-5-7-18(12-20)22(27)24-13-19-8-6-10-23-21(19)25(3)4/h5-10,12,16-17H,11,13-15H2,1-4H3,(H,24,27). The van der Waals surface area contributed by atoms with Crippen LogP contribution < -0.4 is 10.2 Å². The second kappa shape index (κ2) is 9.14. The van der Waals surface area contributed by atoms with Gasteiger partial charge in [-0.3, -0.25) is 4.79 Å². The van der Waals surface area contributed by atoms with Crippen LogP contribution in [0, 0.1) is 11.8 Å². The largest absolute Gasteiger partial charge is 0.362 e. The molecule has 2 aromatic rings. The van der Waals surface area contributed by atoms with Gasteiger partial charge in [-0.2, -0.15) is 4.31 Å². The summed E-state index contributed by atoms with van der Waals surface area (Å²) in [5, 5.41) is 2.87. The molecule has 0 spiro atoms. The van der Waals surface area contributed by atoms with Crippen LogP contribution in [-0.2, 0) is 16.6 Å². The van der Waals surface area contributed by atoms with Gasteiger partial charge in [-0.15, -0.1) is 0 Å². The van der Waals surface area contributed by atoms with E-state index >= 15 is 0 Å². The number of hydrogen-bond donors (Lipinski definition) is 1. The van der Waals surface area contributed by atoms with Crippen LogP contribution in [0.3, 0.4) is 0 Å². The summed E-state index contributed by atoms with van der Waals surface area (Å²) in [6, 6.07) is 10.00. The number of hydrogen-bond acceptors (Lipinski definition) is 5. The van der Waals surface area contributed by atoms with Crippen LogP contribution in [0.4, 0.5) is 5.82 Å². The van der Waals surface area contributed by atoms with Crippen molar-refractivity contribution in [2.45, 2.75) is 31.7 Å². The summed E-state index contributed by atoms with van der Waals surface area (Å²) in [5.74, 6) is 1.10. The van der Waals surface area contributed by atoms with Crippen LogP contribution in [0.15, 0.2) is 47.5 Å². The van der Waals surface area contributed by atoms with Gasteiger partial charge < -0.3 is 10.2 Å². The number of piperidine rings is 1. The molecule has 2 heterocycles. The van der Waals surface area contributed by atoms with Gasteiger partial charge in [0.05, 0.1) is 4.90 Å². The Balaban J connectivity index is 1.76. The average molecular weight is 431 g/mol. The van der Waals surface area contributed by atoms with E-state index in [2.05, 4.69) is 24.1 Å². The molecule has 3 rings (SSSR count). The molecule has 7 nitrogen and oxygen atoms in total. The summed E-state index contributed by atoms with van der Waals surface area (Å²) < 4.78 is 27.8. The highest BCUT2D eigenvalue weighted by Crippen LogP contribution is 2.27. The molecular weight excluding hydrogens is 400 g/mol. The lowest BCUT2D eigenvalue weighted by Gasteiger charge is -2.34. The monoisotopic (exact) mass is 430 g/mol. The van der Waals surface area contributed by atoms with Gasteiger partial charge in [-0.1, -0.05) is 26.0 Å². The van der Waals surface area contributed by atoms with Crippen LogP contribution >= 0.6 is 0 Å². The highest BCUT2D eigenvalue weighted by atomic mass is 32.2. The van der Waals surface area contributed by atoms with E-state index in [-0.39, 0.29) is 10.8 Å². The van der Waals surface area contributed by atoms with Gasteiger partial charge in [-0.25, -0.2) is 13.4 Å². The Morgan fingerprint density at radius 3 is 2.53 bits per heavy atom. The SMILES string of the molecule is CC1CC(C)CN(S(=O)(=O)c2cccc(C(=O)NCc3cccnc3N(C)C)c2)C1. The number of nitrogens with zero attached hydrogens (tertiary/aromatic N) is 3. The van der Waals surface area contributed by atoms with Gasteiger partial charge >= 0.3 is 0 Å². The first-order chi connectivity index (χ1) is 14.2. The molecule has 1 aliphatic heterocycles. The fourth-order valence-electron chi connectivity index (χ4n) is 4.00. The van der Waals surface area contributed by atoms with Gasteiger partial charge in [0, 0.05) is 51.1 Å². The van der Waals surface area contributed by atoms with Crippen molar-refractivity contribution in [1.29, 1.82) is 0 Å². The first kappa shape index (κ1) is 22.2. The third kappa shape index (κ3) is 4.99. The lowest BCUT2D eigenvalue weighted by atomic mass is 9.94. The Morgan fingerprint density at radius 2 is 1.87 bits per heavy atom. The smallest absolute Gasteiger partial charge is 0.251 e. The number of aromatic nitrogens is 1. The molecule has 1 aromatic heterocycles. The molecule has 1 aliphatic rings. The molecule has 2 atom stereocenters. The number of rotatable bonds is 6. The topological polar surface area (TPSA) is 82.6 Å². The number of carbonyl (C=O) groups excluding carboxylic acids is 1. The molecular formula is C22H30N4O3S. The Labute approximate surface area is 179 Å². The Hall–Kier alpha value is -2.45. The summed E-state index contributed by atoms with van der Waals surface area (Å²) in [4.78, 5) is 19.1. The highest BCUT2D eigenvalue weighted by molar-refractivity contribution is 7.89. The van der Waals surface area contributed by atoms with Crippen molar-refractivity contribution in [1.82, 2.24) is 14.6 Å². The molecule has 8 heteroatoms. The van der Waals surface area contributed by atoms with E-state index in [9.17, 15) is 13.2 Å². The van der Waals surface area contributed by atoms with E-state index in [0.29, 0.717) is 37.0 Å². The molecule has 1 aromatic carbocycles. The van der Waals surface area contributed by atoms with Crippen molar-refractivity contribution >= 4 is 21.7 Å². The van der Waals surface area contributed by atoms with Crippen LogP contribution in [0.5, 0.6) is 0 Å². The molecule has 0 bridgehead atoms. The molecule has 1 amide bonds. The number of pyridine rings is 1. The minimum absolute atomic E-state index is 0.159. The first-order valence-corrected chi connectivity index (χ1v) is 11.6. The predicted octanol–water partition coefficient (Wildman–Crippen LogP) is 2.74. The van der Waals surface area contributed by atoms with Crippen molar-refractivity contribution in [3.8, 4) is 0 Å². The van der Waals surface area contributed by atoms with Crippen molar-refractivity contribution in [2.24, 2.45) is 11.8 Å². The Morgan fingerprint density at radius 1 is 1.17 bits per heavy atom. The van der Waals surface area contributed by atoms with E-state index in [0.717, 1.165) is 17.8 Å². The molecule has 0 aliphatic carbocycles. The quantitative estimate of drug-likeness (QED) is 0.762. The Kier molecular flexibility index (Phi) is 6.77. The van der Waals surface area contributed by atoms with E-state index in [4.69, 9.17) is 0 Å². The summed E-state index contributed by atoms with van der Waals surface area (Å²) >= 11 is 0. The number of carbonyl (C=O) groups is 1. The second-order valence-corrected chi connectivity index (χ2v) is 10.3. The molecule has 162 valence electrons. The summed E-state index contributed by atoms with van der Waals surface area (Å²) in [7, 11) is 0.154. The van der Waals surface area contributed by atoms with E-state index in [1.165, 1.54) is 6.07 Å². The predicted molar refractivity (Wildman–Crippen MR) is 118 cm³/mol. The molecule has 30 heavy (non-hydrogen) atoms. The molecule has 1 N–H and O–H groups in total. The highest BCUT2D eigenvalue weighted by Gasteiger charge is 2.32. The molecule has 0 saturated carbocycles. The third-order valence-electron chi connectivity index (χ3n) is 5.30. The molecule has 1 saturated heterocycles. The number of benzene rings is 1. The molecule has 1 fully saturated rings. The minimum Gasteiger partial charge on any atom is -0.362 e. The maximum Gasteiger partial charge on any atom is 0.251 e. The van der Waals surface area contributed by atoms with E-state index in [1.807, 2.05) is 31.1 Å². The summed E-state index contributed by atoms with van der Waals surface area (Å²) in [5.41, 5.74) is 1.21. The fourth-order valence-corrected chi connectivity index (χ4v) is 5.72. The van der Waals surface area contributed by atoms with Crippen molar-refractivity contribution < 1.29 is 13.2 Å². The van der Waals surface area contributed by atoms with Crippen LogP contribution in [0.1, 0.15) is 36.2 Å². The third-order valence-corrected chi connectivity index (χ3v) is 7.13. The van der Waals surface area contributed by atoms with Crippen LogP contribution in [-0.4, -0.2) is 50.8 Å². The van der Waals surface area contributed by atoms with Crippen molar-refractivity contribution in [2.75, 3.05) is 32.1 Å². The number of amides is 1. The Bertz CT molecular complexity index is 997. The fraction of sp³-hybridized carbons (Fsp3) is 0.455. The van der Waals surface area contributed by atoms with Gasteiger partial charge in [0.1, 0.15) is 5.82 Å². The van der Waals surface area contributed by atoms with E-state index < -0.39 is 10.0 Å². The second-order valence-electron chi connectivity index (χ2n) is 8.36. The zero-order chi connectivity index (χ0) is 21.9. The van der Waals surface area contributed by atoms with Crippen molar-refractivity contribution in [3.05, 3.63) is 53.7 Å². The van der Waals surface area contributed by atoms with E-state index in [1.54, 1.807) is 28.7 Å². The number of nitrogens with one attached hydrogen (secondary N) is 1. The average Bonchev–Trinajstić information content (AvgIpc) is 2.71. The first-order valence-electron chi connectivity index (χ1n) is 10.2. The lowest BCUT2D eigenvalue weighted by molar-refractivity contribution is 0.0950. The number of anilines is 1. The zero-order valence-electron chi connectivity index (χ0n) is 18.0. The van der Waals surface area contributed by atoms with Crippen molar-refractivity contribution in [3.63, 3.8) is 0 Å². The maximum absolute atomic E-state index is 13.1.